The number of rotatable bonds is 5. The van der Waals surface area contributed by atoms with Gasteiger partial charge in [0, 0.05) is 6.42 Å². The third kappa shape index (κ3) is 2.97. The molecule has 1 aliphatic rings. The minimum Gasteiger partial charge on any atom is -0.496 e. The summed E-state index contributed by atoms with van der Waals surface area (Å²) in [6.07, 6.45) is 0.382. The number of urea groups is 1. The van der Waals surface area contributed by atoms with Crippen molar-refractivity contribution < 1.29 is 14.3 Å². The van der Waals surface area contributed by atoms with E-state index in [0.717, 1.165) is 11.1 Å². The third-order valence-electron chi connectivity index (χ3n) is 4.27. The van der Waals surface area contributed by atoms with Gasteiger partial charge >= 0.3 is 6.03 Å². The second-order valence-corrected chi connectivity index (χ2v) is 6.13. The zero-order valence-corrected chi connectivity index (χ0v) is 13.8. The molecule has 1 aliphatic heterocycles. The molecule has 0 bridgehead atoms. The van der Waals surface area contributed by atoms with E-state index in [1.807, 2.05) is 54.6 Å². The topological polar surface area (TPSA) is 58.6 Å². The number of imide groups is 1. The zero-order valence-electron chi connectivity index (χ0n) is 13.8. The van der Waals surface area contributed by atoms with E-state index in [0.29, 0.717) is 12.2 Å². The standard InChI is InChI=1S/C19H20N2O3/c1-19(12-15-10-6-7-11-16(15)24-2)17(22)21(18(23)20-19)13-14-8-4-3-5-9-14/h3-11H,12-13H2,1-2H3,(H,20,23)/t19-/m0/s1. The summed E-state index contributed by atoms with van der Waals surface area (Å²) < 4.78 is 5.35. The lowest BCUT2D eigenvalue weighted by Gasteiger charge is -2.23. The predicted molar refractivity (Wildman–Crippen MR) is 90.6 cm³/mol. The van der Waals surface area contributed by atoms with Gasteiger partial charge in [-0.05, 0) is 24.1 Å². The molecule has 124 valence electrons. The fourth-order valence-corrected chi connectivity index (χ4v) is 3.01. The first-order valence-electron chi connectivity index (χ1n) is 7.83. The molecule has 0 saturated carbocycles. The number of carbonyl (C=O) groups excluding carboxylic acids is 2. The Kier molecular flexibility index (Phi) is 4.25. The van der Waals surface area contributed by atoms with Crippen LogP contribution in [-0.2, 0) is 17.8 Å². The van der Waals surface area contributed by atoms with E-state index in [-0.39, 0.29) is 18.5 Å². The summed E-state index contributed by atoms with van der Waals surface area (Å²) in [7, 11) is 1.60. The fraction of sp³-hybridized carbons (Fsp3) is 0.263. The summed E-state index contributed by atoms with van der Waals surface area (Å²) in [6, 6.07) is 16.6. The number of para-hydroxylation sites is 1. The molecule has 0 aliphatic carbocycles. The number of ether oxygens (including phenoxy) is 1. The molecule has 5 heteroatoms. The van der Waals surface area contributed by atoms with Gasteiger partial charge in [-0.3, -0.25) is 9.69 Å². The van der Waals surface area contributed by atoms with Crippen LogP contribution in [0.25, 0.3) is 0 Å². The van der Waals surface area contributed by atoms with E-state index in [4.69, 9.17) is 4.74 Å². The number of nitrogens with one attached hydrogen (secondary N) is 1. The number of carbonyl (C=O) groups is 2. The van der Waals surface area contributed by atoms with Gasteiger partial charge in [0.15, 0.2) is 0 Å². The lowest BCUT2D eigenvalue weighted by atomic mass is 9.92. The lowest BCUT2D eigenvalue weighted by Crippen LogP contribution is -2.46. The molecule has 5 nitrogen and oxygen atoms in total. The van der Waals surface area contributed by atoms with Crippen molar-refractivity contribution in [3.05, 3.63) is 65.7 Å². The summed E-state index contributed by atoms with van der Waals surface area (Å²) in [5.74, 6) is 0.490. The van der Waals surface area contributed by atoms with Gasteiger partial charge < -0.3 is 10.1 Å². The van der Waals surface area contributed by atoms with E-state index < -0.39 is 5.54 Å². The molecular formula is C19H20N2O3. The van der Waals surface area contributed by atoms with Crippen LogP contribution in [0.3, 0.4) is 0 Å². The van der Waals surface area contributed by atoms with Gasteiger partial charge in [0.1, 0.15) is 11.3 Å². The fourth-order valence-electron chi connectivity index (χ4n) is 3.01. The Labute approximate surface area is 141 Å². The maximum atomic E-state index is 12.8. The molecule has 0 unspecified atom stereocenters. The lowest BCUT2D eigenvalue weighted by molar-refractivity contribution is -0.131. The second-order valence-electron chi connectivity index (χ2n) is 6.13. The van der Waals surface area contributed by atoms with Crippen molar-refractivity contribution in [2.24, 2.45) is 0 Å². The first-order valence-corrected chi connectivity index (χ1v) is 7.83. The van der Waals surface area contributed by atoms with Gasteiger partial charge in [-0.1, -0.05) is 48.5 Å². The average Bonchev–Trinajstić information content (AvgIpc) is 2.79. The Morgan fingerprint density at radius 1 is 1.04 bits per heavy atom. The number of nitrogens with zero attached hydrogens (tertiary/aromatic N) is 1. The van der Waals surface area contributed by atoms with Crippen LogP contribution in [-0.4, -0.2) is 29.5 Å². The number of hydrogen-bond acceptors (Lipinski definition) is 3. The molecule has 2 aromatic rings. The SMILES string of the molecule is COc1ccccc1C[C@]1(C)NC(=O)N(Cc2ccccc2)C1=O. The number of benzene rings is 2. The van der Waals surface area contributed by atoms with Crippen LogP contribution in [0.15, 0.2) is 54.6 Å². The predicted octanol–water partition coefficient (Wildman–Crippen LogP) is 2.75. The molecule has 1 saturated heterocycles. The van der Waals surface area contributed by atoms with Crippen LogP contribution in [0, 0.1) is 0 Å². The molecular weight excluding hydrogens is 304 g/mol. The zero-order chi connectivity index (χ0) is 17.2. The largest absolute Gasteiger partial charge is 0.496 e. The van der Waals surface area contributed by atoms with E-state index in [9.17, 15) is 9.59 Å². The summed E-state index contributed by atoms with van der Waals surface area (Å²) in [6.45, 7) is 2.03. The van der Waals surface area contributed by atoms with Crippen molar-refractivity contribution in [3.63, 3.8) is 0 Å². The first kappa shape index (κ1) is 16.1. The van der Waals surface area contributed by atoms with Crippen LogP contribution >= 0.6 is 0 Å². The Morgan fingerprint density at radius 2 is 1.71 bits per heavy atom. The first-order chi connectivity index (χ1) is 11.5. The number of amides is 3. The van der Waals surface area contributed by atoms with Crippen LogP contribution in [0.1, 0.15) is 18.1 Å². The van der Waals surface area contributed by atoms with Crippen molar-refractivity contribution in [1.29, 1.82) is 0 Å². The van der Waals surface area contributed by atoms with Crippen LogP contribution in [0.5, 0.6) is 5.75 Å². The van der Waals surface area contributed by atoms with Crippen molar-refractivity contribution in [1.82, 2.24) is 10.2 Å². The average molecular weight is 324 g/mol. The highest BCUT2D eigenvalue weighted by atomic mass is 16.5. The molecule has 1 atom stereocenters. The maximum Gasteiger partial charge on any atom is 0.325 e. The van der Waals surface area contributed by atoms with Crippen LogP contribution in [0.4, 0.5) is 4.79 Å². The van der Waals surface area contributed by atoms with Gasteiger partial charge in [0.25, 0.3) is 5.91 Å². The highest BCUT2D eigenvalue weighted by Crippen LogP contribution is 2.28. The monoisotopic (exact) mass is 324 g/mol. The minimum atomic E-state index is -0.972. The molecule has 3 rings (SSSR count). The molecule has 24 heavy (non-hydrogen) atoms. The van der Waals surface area contributed by atoms with Crippen molar-refractivity contribution >= 4 is 11.9 Å². The van der Waals surface area contributed by atoms with Gasteiger partial charge in [-0.2, -0.15) is 0 Å². The van der Waals surface area contributed by atoms with E-state index in [2.05, 4.69) is 5.32 Å². The van der Waals surface area contributed by atoms with Gasteiger partial charge in [-0.15, -0.1) is 0 Å². The molecule has 0 spiro atoms. The molecule has 0 radical (unpaired) electrons. The molecule has 0 aromatic heterocycles. The summed E-state index contributed by atoms with van der Waals surface area (Å²) in [4.78, 5) is 26.4. The van der Waals surface area contributed by atoms with Crippen LogP contribution < -0.4 is 10.1 Å². The summed E-state index contributed by atoms with van der Waals surface area (Å²) >= 11 is 0. The van der Waals surface area contributed by atoms with E-state index in [1.165, 1.54) is 4.90 Å². The number of hydrogen-bond donors (Lipinski definition) is 1. The molecule has 1 N–H and O–H groups in total. The normalized spacial score (nSPS) is 20.2. The Hall–Kier alpha value is -2.82. The molecule has 1 fully saturated rings. The highest BCUT2D eigenvalue weighted by molar-refractivity contribution is 6.06. The van der Waals surface area contributed by atoms with Gasteiger partial charge in [-0.25, -0.2) is 4.79 Å². The van der Waals surface area contributed by atoms with Crippen molar-refractivity contribution in [2.45, 2.75) is 25.4 Å². The Bertz CT molecular complexity index is 760. The number of methoxy groups -OCH3 is 1. The van der Waals surface area contributed by atoms with Crippen molar-refractivity contribution in [2.75, 3.05) is 7.11 Å². The molecule has 1 heterocycles. The van der Waals surface area contributed by atoms with E-state index in [1.54, 1.807) is 14.0 Å². The molecule has 3 amide bonds. The quantitative estimate of drug-likeness (QED) is 0.860. The summed E-state index contributed by atoms with van der Waals surface area (Å²) in [5, 5.41) is 2.83. The van der Waals surface area contributed by atoms with Gasteiger partial charge in [0.05, 0.1) is 13.7 Å². The minimum absolute atomic E-state index is 0.220. The van der Waals surface area contributed by atoms with Crippen LogP contribution in [0.2, 0.25) is 0 Å². The Balaban J connectivity index is 1.81. The highest BCUT2D eigenvalue weighted by Gasteiger charge is 2.47. The summed E-state index contributed by atoms with van der Waals surface area (Å²) in [5.41, 5.74) is 0.834. The second kappa shape index (κ2) is 6.35. The van der Waals surface area contributed by atoms with Gasteiger partial charge in [0.2, 0.25) is 0 Å². The third-order valence-corrected chi connectivity index (χ3v) is 4.27. The smallest absolute Gasteiger partial charge is 0.325 e. The van der Waals surface area contributed by atoms with Crippen molar-refractivity contribution in [3.8, 4) is 5.75 Å². The molecule has 2 aromatic carbocycles. The maximum absolute atomic E-state index is 12.8. The Morgan fingerprint density at radius 3 is 2.42 bits per heavy atom. The van der Waals surface area contributed by atoms with E-state index >= 15 is 0 Å².